The maximum atomic E-state index is 11.7. The van der Waals surface area contributed by atoms with E-state index in [2.05, 4.69) is 4.98 Å². The van der Waals surface area contributed by atoms with Crippen molar-refractivity contribution < 1.29 is 8.78 Å². The highest BCUT2D eigenvalue weighted by atomic mass is 32.2. The SMILES string of the molecule is O=c1cc[nH]c(SC(F)F)c1. The van der Waals surface area contributed by atoms with Crippen LogP contribution in [0.1, 0.15) is 0 Å². The summed E-state index contributed by atoms with van der Waals surface area (Å²) in [5.74, 6) is -2.49. The van der Waals surface area contributed by atoms with Crippen LogP contribution in [0.3, 0.4) is 0 Å². The minimum Gasteiger partial charge on any atom is -0.356 e. The fourth-order valence-electron chi connectivity index (χ4n) is 0.589. The van der Waals surface area contributed by atoms with Crippen LogP contribution in [-0.4, -0.2) is 10.7 Å². The lowest BCUT2D eigenvalue weighted by Crippen LogP contribution is -1.98. The molecule has 1 aromatic heterocycles. The van der Waals surface area contributed by atoms with Gasteiger partial charge in [0.15, 0.2) is 5.43 Å². The maximum Gasteiger partial charge on any atom is 0.290 e. The normalized spacial score (nSPS) is 10.5. The zero-order valence-corrected chi connectivity index (χ0v) is 6.20. The van der Waals surface area contributed by atoms with Crippen molar-refractivity contribution in [3.63, 3.8) is 0 Å². The molecule has 1 N–H and O–H groups in total. The minimum absolute atomic E-state index is 0.188. The van der Waals surface area contributed by atoms with Gasteiger partial charge < -0.3 is 4.98 Å². The summed E-state index contributed by atoms with van der Waals surface area (Å²) < 4.78 is 23.4. The molecular weight excluding hydrogens is 172 g/mol. The molecule has 1 heterocycles. The molecule has 0 radical (unpaired) electrons. The molecule has 0 saturated heterocycles. The number of aromatic amines is 1. The Morgan fingerprint density at radius 3 is 2.82 bits per heavy atom. The third-order valence-corrected chi connectivity index (χ3v) is 1.63. The molecule has 0 aliphatic rings. The van der Waals surface area contributed by atoms with Crippen molar-refractivity contribution in [1.29, 1.82) is 0 Å². The van der Waals surface area contributed by atoms with Crippen LogP contribution in [0.25, 0.3) is 0 Å². The number of hydrogen-bond acceptors (Lipinski definition) is 2. The largest absolute Gasteiger partial charge is 0.356 e. The summed E-state index contributed by atoms with van der Waals surface area (Å²) in [4.78, 5) is 13.1. The Morgan fingerprint density at radius 2 is 2.27 bits per heavy atom. The Morgan fingerprint density at radius 1 is 1.55 bits per heavy atom. The van der Waals surface area contributed by atoms with E-state index in [0.717, 1.165) is 6.07 Å². The number of H-pyrrole nitrogens is 1. The van der Waals surface area contributed by atoms with E-state index in [1.165, 1.54) is 12.3 Å². The number of pyridine rings is 1. The van der Waals surface area contributed by atoms with Crippen LogP contribution in [0.15, 0.2) is 28.2 Å². The van der Waals surface area contributed by atoms with Crippen molar-refractivity contribution in [3.8, 4) is 0 Å². The number of rotatable bonds is 2. The Kier molecular flexibility index (Phi) is 2.64. The predicted molar refractivity (Wildman–Crippen MR) is 38.9 cm³/mol. The number of hydrogen-bond donors (Lipinski definition) is 1. The molecule has 0 bridgehead atoms. The van der Waals surface area contributed by atoms with Crippen LogP contribution in [0, 0.1) is 0 Å². The quantitative estimate of drug-likeness (QED) is 0.697. The summed E-state index contributed by atoms with van der Waals surface area (Å²) >= 11 is 0.324. The second kappa shape index (κ2) is 3.52. The number of halogens is 2. The van der Waals surface area contributed by atoms with Crippen molar-refractivity contribution in [1.82, 2.24) is 4.98 Å². The molecule has 0 aromatic carbocycles. The van der Waals surface area contributed by atoms with Crippen LogP contribution in [0.2, 0.25) is 0 Å². The van der Waals surface area contributed by atoms with Gasteiger partial charge in [-0.25, -0.2) is 0 Å². The Balaban J connectivity index is 2.80. The fourth-order valence-corrected chi connectivity index (χ4v) is 1.10. The van der Waals surface area contributed by atoms with E-state index in [1.807, 2.05) is 0 Å². The van der Waals surface area contributed by atoms with Gasteiger partial charge in [0.1, 0.15) is 0 Å². The first kappa shape index (κ1) is 8.26. The fraction of sp³-hybridized carbons (Fsp3) is 0.167. The molecule has 60 valence electrons. The third-order valence-electron chi connectivity index (χ3n) is 0.963. The van der Waals surface area contributed by atoms with Crippen molar-refractivity contribution in [2.75, 3.05) is 0 Å². The van der Waals surface area contributed by atoms with E-state index in [1.54, 1.807) is 0 Å². The average Bonchev–Trinajstić information content (AvgIpc) is 1.85. The lowest BCUT2D eigenvalue weighted by atomic mass is 10.5. The second-order valence-electron chi connectivity index (χ2n) is 1.77. The number of thioether (sulfide) groups is 1. The van der Waals surface area contributed by atoms with Gasteiger partial charge in [-0.2, -0.15) is 8.78 Å². The second-order valence-corrected chi connectivity index (χ2v) is 2.80. The van der Waals surface area contributed by atoms with E-state index in [4.69, 9.17) is 0 Å². The Labute approximate surface area is 65.6 Å². The van der Waals surface area contributed by atoms with Crippen LogP contribution < -0.4 is 5.43 Å². The molecule has 2 nitrogen and oxygen atoms in total. The maximum absolute atomic E-state index is 11.7. The van der Waals surface area contributed by atoms with Gasteiger partial charge in [-0.15, -0.1) is 0 Å². The summed E-state index contributed by atoms with van der Waals surface area (Å²) in [5.41, 5.74) is -0.271. The van der Waals surface area contributed by atoms with Gasteiger partial charge in [0, 0.05) is 18.3 Å². The highest BCUT2D eigenvalue weighted by Gasteiger charge is 2.04. The average molecular weight is 177 g/mol. The van der Waals surface area contributed by atoms with E-state index < -0.39 is 5.76 Å². The standard InChI is InChI=1S/C6H5F2NOS/c7-6(8)11-5-3-4(10)1-2-9-5/h1-3,6H,(H,9,10). The topological polar surface area (TPSA) is 32.9 Å². The molecule has 0 aliphatic heterocycles. The van der Waals surface area contributed by atoms with E-state index in [0.29, 0.717) is 11.8 Å². The molecule has 0 unspecified atom stereocenters. The molecular formula is C6H5F2NOS. The Hall–Kier alpha value is -0.840. The summed E-state index contributed by atoms with van der Waals surface area (Å²) in [7, 11) is 0. The molecule has 1 aromatic rings. The lowest BCUT2D eigenvalue weighted by molar-refractivity contribution is 0.252. The van der Waals surface area contributed by atoms with Crippen molar-refractivity contribution in [2.45, 2.75) is 10.8 Å². The molecule has 0 aliphatic carbocycles. The molecule has 0 fully saturated rings. The van der Waals surface area contributed by atoms with E-state index in [9.17, 15) is 13.6 Å². The van der Waals surface area contributed by atoms with Gasteiger partial charge in [0.05, 0.1) is 5.03 Å². The summed E-state index contributed by atoms with van der Waals surface area (Å²) in [5, 5.41) is 0.188. The van der Waals surface area contributed by atoms with Gasteiger partial charge in [-0.1, -0.05) is 0 Å². The lowest BCUT2D eigenvalue weighted by Gasteiger charge is -1.96. The van der Waals surface area contributed by atoms with Crippen LogP contribution in [0.4, 0.5) is 8.78 Å². The van der Waals surface area contributed by atoms with Crippen molar-refractivity contribution >= 4 is 11.8 Å². The summed E-state index contributed by atoms with van der Waals surface area (Å²) in [6, 6.07) is 2.41. The van der Waals surface area contributed by atoms with Crippen molar-refractivity contribution in [2.24, 2.45) is 0 Å². The highest BCUT2D eigenvalue weighted by molar-refractivity contribution is 7.99. The van der Waals surface area contributed by atoms with Crippen LogP contribution >= 0.6 is 11.8 Å². The first-order chi connectivity index (χ1) is 5.18. The van der Waals surface area contributed by atoms with Gasteiger partial charge in [0.2, 0.25) is 0 Å². The smallest absolute Gasteiger partial charge is 0.290 e. The van der Waals surface area contributed by atoms with E-state index in [-0.39, 0.29) is 10.5 Å². The van der Waals surface area contributed by atoms with Crippen LogP contribution in [-0.2, 0) is 0 Å². The highest BCUT2D eigenvalue weighted by Crippen LogP contribution is 2.20. The Bertz CT molecular complexity index is 286. The third kappa shape index (κ3) is 2.71. The molecule has 5 heteroatoms. The molecule has 0 spiro atoms. The first-order valence-corrected chi connectivity index (χ1v) is 3.70. The van der Waals surface area contributed by atoms with E-state index >= 15 is 0 Å². The van der Waals surface area contributed by atoms with Gasteiger partial charge in [-0.05, 0) is 11.8 Å². The predicted octanol–water partition coefficient (Wildman–Crippen LogP) is 1.69. The van der Waals surface area contributed by atoms with Gasteiger partial charge >= 0.3 is 0 Å². The zero-order chi connectivity index (χ0) is 8.27. The summed E-state index contributed by atoms with van der Waals surface area (Å²) in [6.07, 6.45) is 1.34. The number of aromatic nitrogens is 1. The van der Waals surface area contributed by atoms with Crippen LogP contribution in [0.5, 0.6) is 0 Å². The molecule has 11 heavy (non-hydrogen) atoms. The summed E-state index contributed by atoms with van der Waals surface area (Å²) in [6.45, 7) is 0. The minimum atomic E-state index is -2.49. The first-order valence-electron chi connectivity index (χ1n) is 2.82. The zero-order valence-electron chi connectivity index (χ0n) is 5.38. The number of nitrogens with one attached hydrogen (secondary N) is 1. The molecule has 0 saturated carbocycles. The van der Waals surface area contributed by atoms with Gasteiger partial charge in [-0.3, -0.25) is 4.79 Å². The van der Waals surface area contributed by atoms with Crippen molar-refractivity contribution in [3.05, 3.63) is 28.6 Å². The molecule has 0 amide bonds. The van der Waals surface area contributed by atoms with Gasteiger partial charge in [0.25, 0.3) is 5.76 Å². The molecule has 0 atom stereocenters. The number of alkyl halides is 2. The monoisotopic (exact) mass is 177 g/mol. The molecule has 1 rings (SSSR count).